The van der Waals surface area contributed by atoms with Crippen molar-refractivity contribution < 1.29 is 14.6 Å². The maximum absolute atomic E-state index is 11.2. The van der Waals surface area contributed by atoms with Crippen molar-refractivity contribution in [2.75, 3.05) is 0 Å². The van der Waals surface area contributed by atoms with Crippen molar-refractivity contribution >= 4 is 21.9 Å². The lowest BCUT2D eigenvalue weighted by Gasteiger charge is -2.29. The number of aromatic carboxylic acids is 1. The summed E-state index contributed by atoms with van der Waals surface area (Å²) in [6.07, 6.45) is 4.71. The van der Waals surface area contributed by atoms with Gasteiger partial charge in [-0.2, -0.15) is 0 Å². The lowest BCUT2D eigenvalue weighted by molar-refractivity contribution is 0.0673. The molecule has 1 fully saturated rings. The summed E-state index contributed by atoms with van der Waals surface area (Å²) in [6, 6.07) is 5.13. The first-order chi connectivity index (χ1) is 8.58. The Bertz CT molecular complexity index is 445. The molecule has 0 amide bonds. The number of carbonyl (C=O) groups is 1. The second-order valence-electron chi connectivity index (χ2n) is 4.86. The molecule has 0 spiro atoms. The Morgan fingerprint density at radius 2 is 2.11 bits per heavy atom. The molecule has 0 radical (unpaired) electrons. The highest BCUT2D eigenvalue weighted by atomic mass is 79.9. The molecule has 2 rings (SSSR count). The second kappa shape index (κ2) is 5.74. The SMILES string of the molecule is CC1CCCCC1Oc1ccc(Br)cc1C(=O)O. The number of carboxylic acid groups (broad SMARTS) is 1. The Balaban J connectivity index is 2.20. The molecule has 0 aromatic heterocycles. The van der Waals surface area contributed by atoms with Crippen molar-refractivity contribution in [1.29, 1.82) is 0 Å². The zero-order valence-electron chi connectivity index (χ0n) is 10.4. The molecule has 1 aliphatic carbocycles. The van der Waals surface area contributed by atoms with Crippen LogP contribution < -0.4 is 4.74 Å². The van der Waals surface area contributed by atoms with E-state index in [-0.39, 0.29) is 11.7 Å². The van der Waals surface area contributed by atoms with Crippen LogP contribution >= 0.6 is 15.9 Å². The molecule has 0 bridgehead atoms. The number of rotatable bonds is 3. The van der Waals surface area contributed by atoms with Gasteiger partial charge in [0.2, 0.25) is 0 Å². The van der Waals surface area contributed by atoms with E-state index in [1.54, 1.807) is 12.1 Å². The standard InChI is InChI=1S/C14H17BrO3/c1-9-4-2-3-5-12(9)18-13-7-6-10(15)8-11(13)14(16)17/h6-9,12H,2-5H2,1H3,(H,16,17). The Kier molecular flexibility index (Phi) is 4.27. The van der Waals surface area contributed by atoms with Crippen LogP contribution in [0.2, 0.25) is 0 Å². The summed E-state index contributed by atoms with van der Waals surface area (Å²) < 4.78 is 6.67. The maximum atomic E-state index is 11.2. The third-order valence-corrected chi connectivity index (χ3v) is 3.98. The maximum Gasteiger partial charge on any atom is 0.339 e. The van der Waals surface area contributed by atoms with E-state index in [0.717, 1.165) is 23.7 Å². The predicted molar refractivity (Wildman–Crippen MR) is 73.1 cm³/mol. The Morgan fingerprint density at radius 3 is 2.78 bits per heavy atom. The summed E-state index contributed by atoms with van der Waals surface area (Å²) in [7, 11) is 0. The minimum atomic E-state index is -0.949. The first-order valence-corrected chi connectivity index (χ1v) is 7.06. The summed E-state index contributed by atoms with van der Waals surface area (Å²) in [6.45, 7) is 2.17. The molecule has 0 saturated heterocycles. The number of halogens is 1. The lowest BCUT2D eigenvalue weighted by Crippen LogP contribution is -2.28. The van der Waals surface area contributed by atoms with Gasteiger partial charge in [0.15, 0.2) is 0 Å². The van der Waals surface area contributed by atoms with E-state index in [9.17, 15) is 9.90 Å². The van der Waals surface area contributed by atoms with Gasteiger partial charge in [0.1, 0.15) is 17.4 Å². The Labute approximate surface area is 115 Å². The molecule has 0 aliphatic heterocycles. The summed E-state index contributed by atoms with van der Waals surface area (Å²) in [4.78, 5) is 11.2. The van der Waals surface area contributed by atoms with Crippen molar-refractivity contribution in [2.24, 2.45) is 5.92 Å². The van der Waals surface area contributed by atoms with Gasteiger partial charge in [0.25, 0.3) is 0 Å². The molecule has 18 heavy (non-hydrogen) atoms. The van der Waals surface area contributed by atoms with Gasteiger partial charge in [-0.05, 0) is 43.4 Å². The molecule has 1 aliphatic rings. The van der Waals surface area contributed by atoms with E-state index < -0.39 is 5.97 Å². The van der Waals surface area contributed by atoms with Gasteiger partial charge in [-0.3, -0.25) is 0 Å². The van der Waals surface area contributed by atoms with Gasteiger partial charge in [0.05, 0.1) is 0 Å². The van der Waals surface area contributed by atoms with E-state index in [2.05, 4.69) is 22.9 Å². The molecule has 0 heterocycles. The minimum Gasteiger partial charge on any atom is -0.489 e. The van der Waals surface area contributed by atoms with Crippen LogP contribution in [0.3, 0.4) is 0 Å². The van der Waals surface area contributed by atoms with E-state index in [1.165, 1.54) is 6.42 Å². The van der Waals surface area contributed by atoms with Crippen molar-refractivity contribution in [2.45, 2.75) is 38.7 Å². The molecule has 3 nitrogen and oxygen atoms in total. The van der Waals surface area contributed by atoms with Gasteiger partial charge in [0, 0.05) is 4.47 Å². The zero-order valence-corrected chi connectivity index (χ0v) is 11.9. The summed E-state index contributed by atoms with van der Waals surface area (Å²) in [5.41, 5.74) is 0.224. The molecule has 98 valence electrons. The summed E-state index contributed by atoms with van der Waals surface area (Å²) in [5.74, 6) is 0.0169. The third kappa shape index (κ3) is 3.05. The van der Waals surface area contributed by atoms with Crippen molar-refractivity contribution in [3.8, 4) is 5.75 Å². The van der Waals surface area contributed by atoms with Crippen LogP contribution in [0.5, 0.6) is 5.75 Å². The molecule has 1 aromatic carbocycles. The number of carboxylic acids is 1. The third-order valence-electron chi connectivity index (χ3n) is 3.48. The van der Waals surface area contributed by atoms with E-state index in [1.807, 2.05) is 6.07 Å². The number of ether oxygens (including phenoxy) is 1. The monoisotopic (exact) mass is 312 g/mol. The van der Waals surface area contributed by atoms with Crippen molar-refractivity contribution in [1.82, 2.24) is 0 Å². The normalized spacial score (nSPS) is 23.7. The Hall–Kier alpha value is -1.03. The van der Waals surface area contributed by atoms with Crippen molar-refractivity contribution in [3.63, 3.8) is 0 Å². The molecule has 1 saturated carbocycles. The van der Waals surface area contributed by atoms with Crippen LogP contribution in [0.15, 0.2) is 22.7 Å². The van der Waals surface area contributed by atoms with Crippen LogP contribution in [-0.2, 0) is 0 Å². The predicted octanol–water partition coefficient (Wildman–Crippen LogP) is 4.10. The quantitative estimate of drug-likeness (QED) is 0.913. The van der Waals surface area contributed by atoms with Crippen LogP contribution in [-0.4, -0.2) is 17.2 Å². The number of hydrogen-bond acceptors (Lipinski definition) is 2. The largest absolute Gasteiger partial charge is 0.489 e. The topological polar surface area (TPSA) is 46.5 Å². The van der Waals surface area contributed by atoms with Crippen LogP contribution in [0.25, 0.3) is 0 Å². The molecule has 1 aromatic rings. The molecule has 2 atom stereocenters. The Morgan fingerprint density at radius 1 is 1.39 bits per heavy atom. The molecule has 4 heteroatoms. The van der Waals surface area contributed by atoms with Gasteiger partial charge in [-0.25, -0.2) is 4.79 Å². The van der Waals surface area contributed by atoms with Gasteiger partial charge >= 0.3 is 5.97 Å². The van der Waals surface area contributed by atoms with E-state index in [4.69, 9.17) is 4.74 Å². The fraction of sp³-hybridized carbons (Fsp3) is 0.500. The fourth-order valence-electron chi connectivity index (χ4n) is 2.39. The average Bonchev–Trinajstić information content (AvgIpc) is 2.34. The lowest BCUT2D eigenvalue weighted by atomic mass is 9.88. The highest BCUT2D eigenvalue weighted by Gasteiger charge is 2.24. The second-order valence-corrected chi connectivity index (χ2v) is 5.78. The highest BCUT2D eigenvalue weighted by Crippen LogP contribution is 2.31. The fourth-order valence-corrected chi connectivity index (χ4v) is 2.75. The van der Waals surface area contributed by atoms with Gasteiger partial charge in [-0.15, -0.1) is 0 Å². The van der Waals surface area contributed by atoms with Crippen LogP contribution in [0, 0.1) is 5.92 Å². The molecule has 1 N–H and O–H groups in total. The van der Waals surface area contributed by atoms with Gasteiger partial charge in [-0.1, -0.05) is 29.3 Å². The average molecular weight is 313 g/mol. The smallest absolute Gasteiger partial charge is 0.339 e. The van der Waals surface area contributed by atoms with Crippen LogP contribution in [0.1, 0.15) is 43.0 Å². The number of hydrogen-bond donors (Lipinski definition) is 1. The summed E-state index contributed by atoms with van der Waals surface area (Å²) in [5, 5.41) is 9.18. The molecular formula is C14H17BrO3. The zero-order chi connectivity index (χ0) is 13.1. The first kappa shape index (κ1) is 13.4. The first-order valence-electron chi connectivity index (χ1n) is 6.27. The highest BCUT2D eigenvalue weighted by molar-refractivity contribution is 9.10. The number of benzene rings is 1. The van der Waals surface area contributed by atoms with Gasteiger partial charge < -0.3 is 9.84 Å². The van der Waals surface area contributed by atoms with E-state index in [0.29, 0.717) is 11.7 Å². The minimum absolute atomic E-state index is 0.137. The summed E-state index contributed by atoms with van der Waals surface area (Å²) >= 11 is 3.28. The van der Waals surface area contributed by atoms with E-state index >= 15 is 0 Å². The van der Waals surface area contributed by atoms with Crippen molar-refractivity contribution in [3.05, 3.63) is 28.2 Å². The van der Waals surface area contributed by atoms with Crippen LogP contribution in [0.4, 0.5) is 0 Å². The molecular weight excluding hydrogens is 296 g/mol. The molecule has 2 unspecified atom stereocenters.